The van der Waals surface area contributed by atoms with Gasteiger partial charge in [-0.15, -0.1) is 0 Å². The highest BCUT2D eigenvalue weighted by Gasteiger charge is 2.23. The second kappa shape index (κ2) is 8.23. The van der Waals surface area contributed by atoms with Crippen molar-refractivity contribution in [2.45, 2.75) is 62.9 Å². The minimum atomic E-state index is -3.54. The molecule has 2 aromatic rings. The number of fused-ring (bicyclic) bond motifs is 1. The molecule has 3 heterocycles. The molecule has 1 saturated carbocycles. The Kier molecular flexibility index (Phi) is 5.69. The fourth-order valence-corrected chi connectivity index (χ4v) is 4.51. The number of ether oxygens (including phenoxy) is 1. The molecule has 1 aliphatic carbocycles. The molecule has 1 aliphatic heterocycles. The van der Waals surface area contributed by atoms with Gasteiger partial charge in [0.05, 0.1) is 11.3 Å². The Morgan fingerprint density at radius 1 is 1.24 bits per heavy atom. The van der Waals surface area contributed by atoms with Gasteiger partial charge in [-0.05, 0) is 31.2 Å². The fraction of sp³-hybridized carbons (Fsp3) is 0.550. The Morgan fingerprint density at radius 2 is 2.03 bits per heavy atom. The third-order valence-corrected chi connectivity index (χ3v) is 6.42. The number of sulfone groups is 1. The summed E-state index contributed by atoms with van der Waals surface area (Å²) >= 11 is 0. The highest BCUT2D eigenvalue weighted by Crippen LogP contribution is 2.23. The van der Waals surface area contributed by atoms with Crippen LogP contribution >= 0.6 is 0 Å². The van der Waals surface area contributed by atoms with Crippen molar-refractivity contribution in [3.8, 4) is 5.88 Å². The largest absolute Gasteiger partial charge is 0.474 e. The van der Waals surface area contributed by atoms with Gasteiger partial charge in [0.2, 0.25) is 20.9 Å². The molecule has 0 aromatic carbocycles. The molecule has 0 unspecified atom stereocenters. The number of nitrogens with zero attached hydrogens (tertiary/aromatic N) is 3. The summed E-state index contributed by atoms with van der Waals surface area (Å²) in [6.07, 6.45) is 9.61. The van der Waals surface area contributed by atoms with Crippen molar-refractivity contribution < 1.29 is 13.2 Å². The van der Waals surface area contributed by atoms with Crippen molar-refractivity contribution in [1.82, 2.24) is 19.9 Å². The highest BCUT2D eigenvalue weighted by molar-refractivity contribution is 7.90. The van der Waals surface area contributed by atoms with Crippen molar-refractivity contribution in [3.05, 3.63) is 45.5 Å². The Labute approximate surface area is 170 Å². The van der Waals surface area contributed by atoms with Gasteiger partial charge in [0, 0.05) is 44.6 Å². The van der Waals surface area contributed by atoms with Crippen molar-refractivity contribution in [3.63, 3.8) is 0 Å². The Balaban J connectivity index is 1.40. The maximum atomic E-state index is 12.3. The smallest absolute Gasteiger partial charge is 0.256 e. The van der Waals surface area contributed by atoms with Crippen LogP contribution in [0.15, 0.2) is 28.3 Å². The molecule has 0 saturated heterocycles. The van der Waals surface area contributed by atoms with Gasteiger partial charge >= 0.3 is 0 Å². The number of aromatic amines is 1. The third kappa shape index (κ3) is 4.84. The number of nitrogens with one attached hydrogen (secondary N) is 1. The van der Waals surface area contributed by atoms with E-state index in [2.05, 4.69) is 19.9 Å². The predicted octanol–water partition coefficient (Wildman–Crippen LogP) is 1.84. The molecule has 0 atom stereocenters. The average molecular weight is 419 g/mol. The van der Waals surface area contributed by atoms with E-state index in [1.54, 1.807) is 0 Å². The third-order valence-electron chi connectivity index (χ3n) is 5.52. The van der Waals surface area contributed by atoms with Crippen molar-refractivity contribution in [2.75, 3.05) is 12.8 Å². The van der Waals surface area contributed by atoms with Gasteiger partial charge in [-0.1, -0.05) is 12.5 Å². The maximum Gasteiger partial charge on any atom is 0.256 e. The van der Waals surface area contributed by atoms with Crippen LogP contribution < -0.4 is 10.3 Å². The lowest BCUT2D eigenvalue weighted by atomic mass is 9.98. The second-order valence-electron chi connectivity index (χ2n) is 7.91. The molecule has 2 aromatic heterocycles. The van der Waals surface area contributed by atoms with Gasteiger partial charge in [-0.3, -0.25) is 14.7 Å². The maximum absolute atomic E-state index is 12.3. The molecule has 9 heteroatoms. The first kappa shape index (κ1) is 20.0. The summed E-state index contributed by atoms with van der Waals surface area (Å²) in [5, 5.41) is -0.257. The molecule has 1 fully saturated rings. The molecule has 1 N–H and O–H groups in total. The van der Waals surface area contributed by atoms with Crippen LogP contribution in [0.1, 0.15) is 48.9 Å². The van der Waals surface area contributed by atoms with E-state index in [0.29, 0.717) is 43.2 Å². The summed E-state index contributed by atoms with van der Waals surface area (Å²) < 4.78 is 29.3. The Morgan fingerprint density at radius 3 is 2.72 bits per heavy atom. The number of rotatable bonds is 5. The van der Waals surface area contributed by atoms with Crippen LogP contribution in [0, 0.1) is 0 Å². The van der Waals surface area contributed by atoms with E-state index in [0.717, 1.165) is 24.7 Å². The lowest BCUT2D eigenvalue weighted by Crippen LogP contribution is -2.36. The summed E-state index contributed by atoms with van der Waals surface area (Å²) in [6, 6.07) is 3.92. The first-order valence-corrected chi connectivity index (χ1v) is 11.9. The molecule has 2 aliphatic rings. The van der Waals surface area contributed by atoms with Crippen LogP contribution in [0.3, 0.4) is 0 Å². The van der Waals surface area contributed by atoms with Crippen LogP contribution in [0.5, 0.6) is 5.88 Å². The molecule has 156 valence electrons. The molecular weight excluding hydrogens is 392 g/mol. The second-order valence-corrected chi connectivity index (χ2v) is 9.84. The molecule has 0 radical (unpaired) electrons. The fourth-order valence-electron chi connectivity index (χ4n) is 3.95. The zero-order chi connectivity index (χ0) is 20.4. The van der Waals surface area contributed by atoms with Crippen LogP contribution in [-0.2, 0) is 29.3 Å². The van der Waals surface area contributed by atoms with E-state index >= 15 is 0 Å². The van der Waals surface area contributed by atoms with Gasteiger partial charge in [0.15, 0.2) is 0 Å². The molecule has 0 amide bonds. The van der Waals surface area contributed by atoms with Crippen LogP contribution in [0.2, 0.25) is 0 Å². The van der Waals surface area contributed by atoms with Gasteiger partial charge in [0.25, 0.3) is 5.56 Å². The van der Waals surface area contributed by atoms with Crippen LogP contribution in [0.25, 0.3) is 0 Å². The minimum Gasteiger partial charge on any atom is -0.474 e. The molecule has 8 nitrogen and oxygen atoms in total. The van der Waals surface area contributed by atoms with Gasteiger partial charge in [0.1, 0.15) is 6.10 Å². The first-order valence-electron chi connectivity index (χ1n) is 10.0. The molecular formula is C20H26N4O4S. The van der Waals surface area contributed by atoms with Gasteiger partial charge in [-0.2, -0.15) is 0 Å². The van der Waals surface area contributed by atoms with Crippen LogP contribution in [-0.4, -0.2) is 47.2 Å². The van der Waals surface area contributed by atoms with Crippen molar-refractivity contribution in [2.24, 2.45) is 0 Å². The standard InChI is InChI=1S/C20H26N4O4S/c1-29(26,27)20-22-17-9-10-24(13-16(17)19(25)23-20)12-14-7-8-18(21-11-14)28-15-5-3-2-4-6-15/h7-8,11,15H,2-6,9-10,12-13H2,1H3,(H,22,23,25). The van der Waals surface area contributed by atoms with E-state index in [1.807, 2.05) is 18.3 Å². The zero-order valence-corrected chi connectivity index (χ0v) is 17.4. The minimum absolute atomic E-state index is 0.257. The molecule has 0 spiro atoms. The van der Waals surface area contributed by atoms with E-state index in [1.165, 1.54) is 19.3 Å². The Hall–Kier alpha value is -2.26. The number of pyridine rings is 1. The quantitative estimate of drug-likeness (QED) is 0.739. The normalized spacial score (nSPS) is 18.4. The number of aromatic nitrogens is 3. The summed E-state index contributed by atoms with van der Waals surface area (Å²) in [7, 11) is -3.54. The first-order chi connectivity index (χ1) is 13.9. The number of hydrogen-bond acceptors (Lipinski definition) is 7. The highest BCUT2D eigenvalue weighted by atomic mass is 32.2. The van der Waals surface area contributed by atoms with E-state index in [4.69, 9.17) is 4.74 Å². The summed E-state index contributed by atoms with van der Waals surface area (Å²) in [5.41, 5.74) is 1.77. The monoisotopic (exact) mass is 418 g/mol. The SMILES string of the molecule is CS(=O)(=O)c1nc2c(c(=O)[nH]1)CN(Cc1ccc(OC3CCCCC3)nc1)CC2. The van der Waals surface area contributed by atoms with Gasteiger partial charge < -0.3 is 4.74 Å². The van der Waals surface area contributed by atoms with E-state index in [9.17, 15) is 13.2 Å². The summed E-state index contributed by atoms with van der Waals surface area (Å²) in [6.45, 7) is 1.79. The molecule has 29 heavy (non-hydrogen) atoms. The van der Waals surface area contributed by atoms with Gasteiger partial charge in [-0.25, -0.2) is 18.4 Å². The van der Waals surface area contributed by atoms with Crippen molar-refractivity contribution >= 4 is 9.84 Å². The topological polar surface area (TPSA) is 105 Å². The van der Waals surface area contributed by atoms with Crippen molar-refractivity contribution in [1.29, 1.82) is 0 Å². The summed E-state index contributed by atoms with van der Waals surface area (Å²) in [5.74, 6) is 0.665. The average Bonchev–Trinajstić information content (AvgIpc) is 2.70. The van der Waals surface area contributed by atoms with E-state index < -0.39 is 9.84 Å². The van der Waals surface area contributed by atoms with E-state index in [-0.39, 0.29) is 16.8 Å². The molecule has 4 rings (SSSR count). The van der Waals surface area contributed by atoms with Crippen LogP contribution in [0.4, 0.5) is 0 Å². The number of hydrogen-bond donors (Lipinski definition) is 1. The summed E-state index contributed by atoms with van der Waals surface area (Å²) in [4.78, 5) is 25.5. The number of H-pyrrole nitrogens is 1. The zero-order valence-electron chi connectivity index (χ0n) is 16.6. The predicted molar refractivity (Wildman–Crippen MR) is 108 cm³/mol. The Bertz CT molecular complexity index is 1030. The lowest BCUT2D eigenvalue weighted by molar-refractivity contribution is 0.148. The molecule has 0 bridgehead atoms. The lowest BCUT2D eigenvalue weighted by Gasteiger charge is -2.27.